The van der Waals surface area contributed by atoms with Crippen molar-refractivity contribution in [2.45, 2.75) is 27.3 Å². The highest BCUT2D eigenvalue weighted by Crippen LogP contribution is 2.26. The molecule has 7 heteroatoms. The second kappa shape index (κ2) is 9.96. The molecule has 2 aromatic carbocycles. The molecular formula is C25H26N2O5. The molecule has 0 fully saturated rings. The molecule has 7 nitrogen and oxygen atoms in total. The lowest BCUT2D eigenvalue weighted by atomic mass is 10.1. The highest BCUT2D eigenvalue weighted by atomic mass is 16.5. The number of para-hydroxylation sites is 1. The fraction of sp³-hybridized carbons (Fsp3) is 0.240. The van der Waals surface area contributed by atoms with Crippen molar-refractivity contribution in [3.8, 4) is 0 Å². The summed E-state index contributed by atoms with van der Waals surface area (Å²) in [4.78, 5) is 38.1. The Hall–Kier alpha value is -3.87. The van der Waals surface area contributed by atoms with Gasteiger partial charge in [-0.2, -0.15) is 0 Å². The van der Waals surface area contributed by atoms with Gasteiger partial charge in [-0.25, -0.2) is 9.59 Å². The van der Waals surface area contributed by atoms with Crippen LogP contribution in [0.15, 0.2) is 54.6 Å². The number of nitrogens with zero attached hydrogens (tertiary/aromatic N) is 1. The average molecular weight is 434 g/mol. The molecule has 0 radical (unpaired) electrons. The van der Waals surface area contributed by atoms with Crippen LogP contribution in [0.4, 0.5) is 5.69 Å². The number of hydrogen-bond acceptors (Lipinski definition) is 5. The third-order valence-electron chi connectivity index (χ3n) is 5.23. The summed E-state index contributed by atoms with van der Waals surface area (Å²) in [7, 11) is 1.28. The summed E-state index contributed by atoms with van der Waals surface area (Å²) < 4.78 is 11.9. The van der Waals surface area contributed by atoms with Gasteiger partial charge in [-0.3, -0.25) is 4.79 Å². The Balaban J connectivity index is 2.05. The summed E-state index contributed by atoms with van der Waals surface area (Å²) in [5.41, 5.74) is 3.40. The number of ether oxygens (including phenoxy) is 2. The Morgan fingerprint density at radius 3 is 2.25 bits per heavy atom. The molecule has 0 aliphatic rings. The van der Waals surface area contributed by atoms with Crippen LogP contribution in [0.5, 0.6) is 0 Å². The Bertz CT molecular complexity index is 1150. The quantitative estimate of drug-likeness (QED) is 0.558. The van der Waals surface area contributed by atoms with Crippen molar-refractivity contribution in [3.63, 3.8) is 0 Å². The van der Waals surface area contributed by atoms with Crippen molar-refractivity contribution in [3.05, 3.63) is 88.2 Å². The molecule has 0 bridgehead atoms. The van der Waals surface area contributed by atoms with Gasteiger partial charge in [0.1, 0.15) is 5.69 Å². The Morgan fingerprint density at radius 2 is 1.59 bits per heavy atom. The third kappa shape index (κ3) is 4.56. The summed E-state index contributed by atoms with van der Waals surface area (Å²) in [6.45, 7) is 5.89. The standard InChI is InChI=1S/C25H26N2O5/c1-5-32-25(30)22-16(2)21(17(3)27(22)15-18-11-7-6-8-12-18)23(28)26-20-14-10-9-13-19(20)24(29)31-4/h6-14H,5,15H2,1-4H3,(H,26,28). The molecule has 1 aromatic heterocycles. The van der Waals surface area contributed by atoms with E-state index in [-0.39, 0.29) is 12.2 Å². The van der Waals surface area contributed by atoms with Gasteiger partial charge in [0, 0.05) is 12.2 Å². The molecule has 0 aliphatic heterocycles. The predicted octanol–water partition coefficient (Wildman–Crippen LogP) is 4.37. The van der Waals surface area contributed by atoms with Crippen molar-refractivity contribution in [2.75, 3.05) is 19.0 Å². The zero-order chi connectivity index (χ0) is 23.3. The minimum Gasteiger partial charge on any atom is -0.465 e. The first-order valence-corrected chi connectivity index (χ1v) is 10.3. The minimum absolute atomic E-state index is 0.224. The third-order valence-corrected chi connectivity index (χ3v) is 5.23. The predicted molar refractivity (Wildman–Crippen MR) is 121 cm³/mol. The zero-order valence-corrected chi connectivity index (χ0v) is 18.6. The molecule has 32 heavy (non-hydrogen) atoms. The van der Waals surface area contributed by atoms with Gasteiger partial charge < -0.3 is 19.4 Å². The van der Waals surface area contributed by atoms with Crippen LogP contribution in [-0.4, -0.2) is 36.1 Å². The summed E-state index contributed by atoms with van der Waals surface area (Å²) in [6.07, 6.45) is 0. The van der Waals surface area contributed by atoms with Gasteiger partial charge in [0.05, 0.1) is 30.5 Å². The lowest BCUT2D eigenvalue weighted by molar-refractivity contribution is 0.0512. The number of esters is 2. The Kier molecular flexibility index (Phi) is 7.10. The van der Waals surface area contributed by atoms with Gasteiger partial charge in [-0.15, -0.1) is 0 Å². The van der Waals surface area contributed by atoms with E-state index in [0.29, 0.717) is 34.7 Å². The van der Waals surface area contributed by atoms with Crippen molar-refractivity contribution in [1.82, 2.24) is 4.57 Å². The molecule has 1 amide bonds. The molecule has 0 atom stereocenters. The van der Waals surface area contributed by atoms with Crippen molar-refractivity contribution in [2.24, 2.45) is 0 Å². The van der Waals surface area contributed by atoms with Crippen molar-refractivity contribution in [1.29, 1.82) is 0 Å². The molecule has 0 spiro atoms. The van der Waals surface area contributed by atoms with E-state index in [0.717, 1.165) is 5.56 Å². The maximum absolute atomic E-state index is 13.3. The molecule has 1 heterocycles. The van der Waals surface area contributed by atoms with Gasteiger partial charge in [0.2, 0.25) is 0 Å². The fourth-order valence-corrected chi connectivity index (χ4v) is 3.72. The molecule has 3 rings (SSSR count). The Labute approximate surface area is 187 Å². The van der Waals surface area contributed by atoms with Crippen LogP contribution in [-0.2, 0) is 16.0 Å². The summed E-state index contributed by atoms with van der Waals surface area (Å²) >= 11 is 0. The second-order valence-corrected chi connectivity index (χ2v) is 7.22. The van der Waals surface area contributed by atoms with Gasteiger partial charge in [0.15, 0.2) is 0 Å². The summed E-state index contributed by atoms with van der Waals surface area (Å²) in [5.74, 6) is -1.46. The lowest BCUT2D eigenvalue weighted by Crippen LogP contribution is -2.17. The van der Waals surface area contributed by atoms with E-state index in [1.54, 1.807) is 49.6 Å². The molecule has 0 saturated heterocycles. The lowest BCUT2D eigenvalue weighted by Gasteiger charge is -2.12. The van der Waals surface area contributed by atoms with Crippen LogP contribution in [0.2, 0.25) is 0 Å². The van der Waals surface area contributed by atoms with Gasteiger partial charge in [-0.1, -0.05) is 42.5 Å². The molecule has 166 valence electrons. The van der Waals surface area contributed by atoms with Gasteiger partial charge in [-0.05, 0) is 44.0 Å². The van der Waals surface area contributed by atoms with Crippen LogP contribution >= 0.6 is 0 Å². The topological polar surface area (TPSA) is 86.6 Å². The molecular weight excluding hydrogens is 408 g/mol. The first kappa shape index (κ1) is 22.8. The van der Waals surface area contributed by atoms with E-state index in [1.807, 2.05) is 30.3 Å². The number of nitrogens with one attached hydrogen (secondary N) is 1. The largest absolute Gasteiger partial charge is 0.465 e. The number of rotatable bonds is 7. The van der Waals surface area contributed by atoms with E-state index in [1.165, 1.54) is 7.11 Å². The normalized spacial score (nSPS) is 10.5. The van der Waals surface area contributed by atoms with E-state index in [4.69, 9.17) is 9.47 Å². The molecule has 0 saturated carbocycles. The van der Waals surface area contributed by atoms with Crippen molar-refractivity contribution < 1.29 is 23.9 Å². The smallest absolute Gasteiger partial charge is 0.355 e. The number of carbonyl (C=O) groups excluding carboxylic acids is 3. The van der Waals surface area contributed by atoms with Crippen LogP contribution in [0.1, 0.15) is 54.9 Å². The van der Waals surface area contributed by atoms with E-state index < -0.39 is 17.8 Å². The van der Waals surface area contributed by atoms with E-state index >= 15 is 0 Å². The highest BCUT2D eigenvalue weighted by Gasteiger charge is 2.28. The van der Waals surface area contributed by atoms with Gasteiger partial charge >= 0.3 is 11.9 Å². The molecule has 1 N–H and O–H groups in total. The summed E-state index contributed by atoms with van der Waals surface area (Å²) in [6, 6.07) is 16.3. The number of hydrogen-bond donors (Lipinski definition) is 1. The van der Waals surface area contributed by atoms with Crippen LogP contribution in [0, 0.1) is 13.8 Å². The maximum Gasteiger partial charge on any atom is 0.355 e. The average Bonchev–Trinajstić information content (AvgIpc) is 3.03. The fourth-order valence-electron chi connectivity index (χ4n) is 3.72. The number of amides is 1. The van der Waals surface area contributed by atoms with Crippen LogP contribution in [0.25, 0.3) is 0 Å². The maximum atomic E-state index is 13.3. The van der Waals surface area contributed by atoms with Gasteiger partial charge in [0.25, 0.3) is 5.91 Å². The Morgan fingerprint density at radius 1 is 0.938 bits per heavy atom. The second-order valence-electron chi connectivity index (χ2n) is 7.22. The van der Waals surface area contributed by atoms with E-state index in [2.05, 4.69) is 5.32 Å². The molecule has 0 unspecified atom stereocenters. The number of methoxy groups -OCH3 is 1. The number of benzene rings is 2. The van der Waals surface area contributed by atoms with Crippen molar-refractivity contribution >= 4 is 23.5 Å². The SMILES string of the molecule is CCOC(=O)c1c(C)c(C(=O)Nc2ccccc2C(=O)OC)c(C)n1Cc1ccccc1. The number of aromatic nitrogens is 1. The first-order chi connectivity index (χ1) is 15.4. The summed E-state index contributed by atoms with van der Waals surface area (Å²) in [5, 5.41) is 2.79. The minimum atomic E-state index is -0.553. The zero-order valence-electron chi connectivity index (χ0n) is 18.6. The van der Waals surface area contributed by atoms with E-state index in [9.17, 15) is 14.4 Å². The molecule has 3 aromatic rings. The first-order valence-electron chi connectivity index (χ1n) is 10.3. The number of carbonyl (C=O) groups is 3. The monoisotopic (exact) mass is 434 g/mol. The number of anilines is 1. The molecule has 0 aliphatic carbocycles. The highest BCUT2D eigenvalue weighted by molar-refractivity contribution is 6.10. The van der Waals surface area contributed by atoms with Crippen LogP contribution < -0.4 is 5.32 Å². The van der Waals surface area contributed by atoms with Crippen LogP contribution in [0.3, 0.4) is 0 Å².